The van der Waals surface area contributed by atoms with Gasteiger partial charge in [0, 0.05) is 8.95 Å². The van der Waals surface area contributed by atoms with Gasteiger partial charge in [-0.05, 0) is 45.5 Å². The molecule has 0 aliphatic carbocycles. The highest BCUT2D eigenvalue weighted by Gasteiger charge is 2.16. The second kappa shape index (κ2) is 5.76. The van der Waals surface area contributed by atoms with E-state index in [0.717, 1.165) is 22.0 Å². The van der Waals surface area contributed by atoms with E-state index in [-0.39, 0.29) is 10.1 Å². The number of carbonyl (C=O) groups excluding carboxylic acids is 1. The number of anilines is 1. The van der Waals surface area contributed by atoms with Gasteiger partial charge in [0.15, 0.2) is 5.13 Å². The Balaban J connectivity index is 2.20. The first-order chi connectivity index (χ1) is 8.97. The highest BCUT2D eigenvalue weighted by molar-refractivity contribution is 9.11. The van der Waals surface area contributed by atoms with Gasteiger partial charge in [0.05, 0.1) is 10.5 Å². The number of aromatic nitrogens is 1. The number of halogens is 2. The van der Waals surface area contributed by atoms with E-state index in [9.17, 15) is 14.9 Å². The van der Waals surface area contributed by atoms with E-state index in [4.69, 9.17) is 0 Å². The quantitative estimate of drug-likeness (QED) is 0.619. The summed E-state index contributed by atoms with van der Waals surface area (Å²) in [6, 6.07) is 5.15. The maximum atomic E-state index is 12.0. The Hall–Kier alpha value is -1.32. The number of nitrogens with zero attached hydrogens (tertiary/aromatic N) is 2. The molecular formula is C10H5Br2N3O3S. The second-order valence-corrected chi connectivity index (χ2v) is 6.12. The zero-order chi connectivity index (χ0) is 14.0. The van der Waals surface area contributed by atoms with Crippen LogP contribution in [0.4, 0.5) is 10.1 Å². The third-order valence-electron chi connectivity index (χ3n) is 2.07. The molecule has 19 heavy (non-hydrogen) atoms. The van der Waals surface area contributed by atoms with E-state index in [2.05, 4.69) is 42.2 Å². The van der Waals surface area contributed by atoms with Crippen molar-refractivity contribution < 1.29 is 9.72 Å². The minimum Gasteiger partial charge on any atom is -0.298 e. The normalized spacial score (nSPS) is 10.2. The highest BCUT2D eigenvalue weighted by Crippen LogP contribution is 2.27. The topological polar surface area (TPSA) is 85.1 Å². The average Bonchev–Trinajstić information content (AvgIpc) is 2.80. The molecule has 1 N–H and O–H groups in total. The van der Waals surface area contributed by atoms with Gasteiger partial charge in [0.1, 0.15) is 6.20 Å². The Morgan fingerprint density at radius 2 is 2.16 bits per heavy atom. The van der Waals surface area contributed by atoms with Crippen LogP contribution in [0.15, 0.2) is 33.3 Å². The lowest BCUT2D eigenvalue weighted by Gasteiger charge is -2.04. The van der Waals surface area contributed by atoms with Crippen molar-refractivity contribution in [3.8, 4) is 0 Å². The molecule has 1 heterocycles. The Morgan fingerprint density at radius 3 is 2.79 bits per heavy atom. The molecule has 1 aromatic carbocycles. The maximum absolute atomic E-state index is 12.0. The van der Waals surface area contributed by atoms with Gasteiger partial charge in [0.25, 0.3) is 5.91 Å². The number of rotatable bonds is 3. The third-order valence-corrected chi connectivity index (χ3v) is 4.12. The van der Waals surface area contributed by atoms with Gasteiger partial charge in [-0.25, -0.2) is 4.98 Å². The molecule has 0 saturated carbocycles. The van der Waals surface area contributed by atoms with E-state index in [1.807, 2.05) is 0 Å². The van der Waals surface area contributed by atoms with Gasteiger partial charge >= 0.3 is 5.00 Å². The summed E-state index contributed by atoms with van der Waals surface area (Å²) in [4.78, 5) is 25.7. The third kappa shape index (κ3) is 3.37. The molecule has 0 aliphatic rings. The average molecular weight is 407 g/mol. The van der Waals surface area contributed by atoms with E-state index in [1.165, 1.54) is 0 Å². The first-order valence-corrected chi connectivity index (χ1v) is 7.24. The molecule has 0 fully saturated rings. The zero-order valence-corrected chi connectivity index (χ0v) is 13.1. The highest BCUT2D eigenvalue weighted by atomic mass is 79.9. The standard InChI is InChI=1S/C10H5Br2N3O3S/c11-5-1-2-7(12)6(3-5)9(16)14-10-13-4-8(19-10)15(17)18/h1-4H,(H,13,14,16). The van der Waals surface area contributed by atoms with Crippen LogP contribution < -0.4 is 5.32 Å². The predicted octanol–water partition coefficient (Wildman–Crippen LogP) is 3.83. The fourth-order valence-corrected chi connectivity index (χ4v) is 2.66. The second-order valence-electron chi connectivity index (χ2n) is 3.34. The lowest BCUT2D eigenvalue weighted by molar-refractivity contribution is -0.380. The maximum Gasteiger partial charge on any atom is 0.345 e. The summed E-state index contributed by atoms with van der Waals surface area (Å²) in [6.07, 6.45) is 1.11. The predicted molar refractivity (Wildman–Crippen MR) is 78.6 cm³/mol. The van der Waals surface area contributed by atoms with Gasteiger partial charge in [-0.1, -0.05) is 15.9 Å². The summed E-state index contributed by atoms with van der Waals surface area (Å²) in [7, 11) is 0. The molecule has 0 unspecified atom stereocenters. The van der Waals surface area contributed by atoms with Crippen molar-refractivity contribution in [1.82, 2.24) is 4.98 Å². The van der Waals surface area contributed by atoms with E-state index < -0.39 is 10.8 Å². The molecule has 0 radical (unpaired) electrons. The van der Waals surface area contributed by atoms with Crippen LogP contribution in [0.2, 0.25) is 0 Å². The monoisotopic (exact) mass is 405 g/mol. The molecule has 98 valence electrons. The van der Waals surface area contributed by atoms with Gasteiger partial charge in [-0.15, -0.1) is 0 Å². The summed E-state index contributed by atoms with van der Waals surface area (Å²) >= 11 is 7.34. The Bertz CT molecular complexity index is 659. The Kier molecular flexibility index (Phi) is 4.27. The van der Waals surface area contributed by atoms with Crippen molar-refractivity contribution in [2.24, 2.45) is 0 Å². The molecule has 1 aromatic heterocycles. The molecule has 9 heteroatoms. The Labute approximate surface area is 128 Å². The minimum absolute atomic E-state index is 0.122. The van der Waals surface area contributed by atoms with Crippen LogP contribution in [0.5, 0.6) is 0 Å². The molecule has 1 amide bonds. The molecule has 0 spiro atoms. The number of amides is 1. The zero-order valence-electron chi connectivity index (χ0n) is 9.09. The van der Waals surface area contributed by atoms with Crippen LogP contribution >= 0.6 is 43.2 Å². The molecule has 0 saturated heterocycles. The van der Waals surface area contributed by atoms with Gasteiger partial charge in [0.2, 0.25) is 0 Å². The lowest BCUT2D eigenvalue weighted by Crippen LogP contribution is -2.12. The van der Waals surface area contributed by atoms with Crippen molar-refractivity contribution in [2.75, 3.05) is 5.32 Å². The van der Waals surface area contributed by atoms with Gasteiger partial charge < -0.3 is 0 Å². The van der Waals surface area contributed by atoms with Crippen molar-refractivity contribution in [3.05, 3.63) is 49.0 Å². The first-order valence-electron chi connectivity index (χ1n) is 4.84. The minimum atomic E-state index is -0.553. The van der Waals surface area contributed by atoms with E-state index in [1.54, 1.807) is 18.2 Å². The molecular weight excluding hydrogens is 402 g/mol. The Morgan fingerprint density at radius 1 is 1.42 bits per heavy atom. The number of benzene rings is 1. The molecule has 2 rings (SSSR count). The number of hydrogen-bond acceptors (Lipinski definition) is 5. The number of nitro groups is 1. The van der Waals surface area contributed by atoms with Crippen LogP contribution in [0.25, 0.3) is 0 Å². The van der Waals surface area contributed by atoms with Crippen molar-refractivity contribution in [3.63, 3.8) is 0 Å². The molecule has 0 bridgehead atoms. The first kappa shape index (κ1) is 14.1. The van der Waals surface area contributed by atoms with Crippen molar-refractivity contribution in [1.29, 1.82) is 0 Å². The molecule has 6 nitrogen and oxygen atoms in total. The van der Waals surface area contributed by atoms with Crippen LogP contribution in [-0.2, 0) is 0 Å². The van der Waals surface area contributed by atoms with E-state index in [0.29, 0.717) is 10.0 Å². The van der Waals surface area contributed by atoms with Crippen LogP contribution in [0.3, 0.4) is 0 Å². The summed E-state index contributed by atoms with van der Waals surface area (Å²) in [5, 5.41) is 13.1. The number of hydrogen-bond donors (Lipinski definition) is 1. The fourth-order valence-electron chi connectivity index (χ4n) is 1.24. The number of carbonyl (C=O) groups is 1. The van der Waals surface area contributed by atoms with Gasteiger partial charge in [-0.3, -0.25) is 20.2 Å². The summed E-state index contributed by atoms with van der Waals surface area (Å²) in [5.74, 6) is -0.391. The van der Waals surface area contributed by atoms with Crippen LogP contribution in [-0.4, -0.2) is 15.8 Å². The summed E-state index contributed by atoms with van der Waals surface area (Å²) in [5.41, 5.74) is 0.409. The summed E-state index contributed by atoms with van der Waals surface area (Å²) in [6.45, 7) is 0. The number of nitrogens with one attached hydrogen (secondary N) is 1. The van der Waals surface area contributed by atoms with Crippen molar-refractivity contribution >= 4 is 59.2 Å². The smallest absolute Gasteiger partial charge is 0.298 e. The molecule has 0 atom stereocenters. The summed E-state index contributed by atoms with van der Waals surface area (Å²) < 4.78 is 1.38. The van der Waals surface area contributed by atoms with Crippen LogP contribution in [0.1, 0.15) is 10.4 Å². The van der Waals surface area contributed by atoms with Crippen LogP contribution in [0, 0.1) is 10.1 Å². The number of thiazole rings is 1. The SMILES string of the molecule is O=C(Nc1ncc([N+](=O)[O-])s1)c1cc(Br)ccc1Br. The molecule has 0 aliphatic heterocycles. The van der Waals surface area contributed by atoms with Gasteiger partial charge in [-0.2, -0.15) is 0 Å². The largest absolute Gasteiger partial charge is 0.345 e. The van der Waals surface area contributed by atoms with Crippen molar-refractivity contribution in [2.45, 2.75) is 0 Å². The molecule has 2 aromatic rings. The van der Waals surface area contributed by atoms with E-state index >= 15 is 0 Å². The lowest BCUT2D eigenvalue weighted by atomic mass is 10.2. The fraction of sp³-hybridized carbons (Fsp3) is 0.